The van der Waals surface area contributed by atoms with E-state index in [4.69, 9.17) is 5.84 Å². The Labute approximate surface area is 124 Å². The molecular formula is C15H20N4S. The van der Waals surface area contributed by atoms with Crippen molar-refractivity contribution >= 4 is 17.6 Å². The van der Waals surface area contributed by atoms with E-state index in [0.717, 1.165) is 29.3 Å². The van der Waals surface area contributed by atoms with Crippen molar-refractivity contribution in [2.45, 2.75) is 43.5 Å². The second kappa shape index (κ2) is 6.72. The average molecular weight is 288 g/mol. The van der Waals surface area contributed by atoms with Crippen LogP contribution in [0.2, 0.25) is 0 Å². The van der Waals surface area contributed by atoms with Gasteiger partial charge in [-0.15, -0.1) is 0 Å². The summed E-state index contributed by atoms with van der Waals surface area (Å²) >= 11 is 1.66. The first-order chi connectivity index (χ1) is 9.65. The predicted octanol–water partition coefficient (Wildman–Crippen LogP) is 3.48. The molecule has 0 atom stereocenters. The minimum Gasteiger partial charge on any atom is -0.308 e. The minimum absolute atomic E-state index is 0.708. The molecule has 3 N–H and O–H groups in total. The summed E-state index contributed by atoms with van der Waals surface area (Å²) in [5.41, 5.74) is 4.90. The molecule has 1 heterocycles. The van der Waals surface area contributed by atoms with Gasteiger partial charge < -0.3 is 5.43 Å². The molecule has 0 fully saturated rings. The van der Waals surface area contributed by atoms with Crippen molar-refractivity contribution in [3.8, 4) is 0 Å². The molecule has 1 aromatic heterocycles. The lowest BCUT2D eigenvalue weighted by Crippen LogP contribution is -2.13. The third-order valence-electron chi connectivity index (χ3n) is 3.06. The van der Waals surface area contributed by atoms with Crippen molar-refractivity contribution in [2.75, 3.05) is 5.43 Å². The maximum Gasteiger partial charge on any atom is 0.147 e. The first-order valence-corrected chi connectivity index (χ1v) is 7.55. The Balaban J connectivity index is 2.39. The highest BCUT2D eigenvalue weighted by Gasteiger charge is 2.12. The molecule has 0 saturated carbocycles. The summed E-state index contributed by atoms with van der Waals surface area (Å²) in [6.07, 6.45) is 1.87. The van der Waals surface area contributed by atoms with Crippen molar-refractivity contribution in [3.63, 3.8) is 0 Å². The van der Waals surface area contributed by atoms with Crippen molar-refractivity contribution in [3.05, 3.63) is 41.2 Å². The van der Waals surface area contributed by atoms with E-state index in [-0.39, 0.29) is 0 Å². The number of rotatable bonds is 5. The van der Waals surface area contributed by atoms with Gasteiger partial charge in [0.15, 0.2) is 0 Å². The van der Waals surface area contributed by atoms with E-state index in [9.17, 15) is 0 Å². The number of nitrogens with one attached hydrogen (secondary N) is 1. The van der Waals surface area contributed by atoms with Crippen LogP contribution in [0.15, 0.2) is 34.2 Å². The van der Waals surface area contributed by atoms with Crippen LogP contribution < -0.4 is 11.3 Å². The number of aromatic nitrogens is 2. The summed E-state index contributed by atoms with van der Waals surface area (Å²) in [6.45, 7) is 6.21. The van der Waals surface area contributed by atoms with Gasteiger partial charge in [0.2, 0.25) is 0 Å². The average Bonchev–Trinajstić information content (AvgIpc) is 2.45. The molecule has 0 unspecified atom stereocenters. The molecule has 4 nitrogen and oxygen atoms in total. The van der Waals surface area contributed by atoms with E-state index in [1.165, 1.54) is 10.5 Å². The number of nitrogens with two attached hydrogens (primary N) is 1. The molecule has 5 heteroatoms. The highest BCUT2D eigenvalue weighted by Crippen LogP contribution is 2.33. The Morgan fingerprint density at radius 3 is 2.60 bits per heavy atom. The van der Waals surface area contributed by atoms with Crippen LogP contribution in [0, 0.1) is 13.8 Å². The Bertz CT molecular complexity index is 598. The predicted molar refractivity (Wildman–Crippen MR) is 83.9 cm³/mol. The maximum atomic E-state index is 5.56. The van der Waals surface area contributed by atoms with E-state index in [2.05, 4.69) is 41.4 Å². The van der Waals surface area contributed by atoms with E-state index in [1.54, 1.807) is 11.8 Å². The van der Waals surface area contributed by atoms with Gasteiger partial charge in [-0.25, -0.2) is 15.8 Å². The molecule has 0 aliphatic carbocycles. The Kier molecular flexibility index (Phi) is 4.98. The van der Waals surface area contributed by atoms with E-state index in [0.29, 0.717) is 5.82 Å². The van der Waals surface area contributed by atoms with Gasteiger partial charge in [-0.2, -0.15) is 0 Å². The van der Waals surface area contributed by atoms with E-state index in [1.807, 2.05) is 19.1 Å². The first-order valence-electron chi connectivity index (χ1n) is 6.73. The molecule has 0 spiro atoms. The monoisotopic (exact) mass is 288 g/mol. The van der Waals surface area contributed by atoms with Gasteiger partial charge >= 0.3 is 0 Å². The van der Waals surface area contributed by atoms with Crippen molar-refractivity contribution in [1.82, 2.24) is 9.97 Å². The largest absolute Gasteiger partial charge is 0.308 e. The number of aryl methyl sites for hydroxylation is 2. The highest BCUT2D eigenvalue weighted by molar-refractivity contribution is 7.99. The van der Waals surface area contributed by atoms with Gasteiger partial charge in [0.1, 0.15) is 16.7 Å². The molecule has 106 valence electrons. The number of hydrogen-bond acceptors (Lipinski definition) is 5. The van der Waals surface area contributed by atoms with Gasteiger partial charge in [-0.3, -0.25) is 0 Å². The Morgan fingerprint density at radius 2 is 1.95 bits per heavy atom. The summed E-state index contributed by atoms with van der Waals surface area (Å²) in [5, 5.41) is 0.964. The third-order valence-corrected chi connectivity index (χ3v) is 4.33. The summed E-state index contributed by atoms with van der Waals surface area (Å²) in [6, 6.07) is 8.30. The smallest absolute Gasteiger partial charge is 0.147 e. The Morgan fingerprint density at radius 1 is 1.20 bits per heavy atom. The van der Waals surface area contributed by atoms with Crippen molar-refractivity contribution in [1.29, 1.82) is 0 Å². The Hall–Kier alpha value is -1.59. The molecule has 1 aromatic carbocycles. The molecule has 2 aromatic rings. The number of hydrogen-bond donors (Lipinski definition) is 2. The summed E-state index contributed by atoms with van der Waals surface area (Å²) in [7, 11) is 0. The quantitative estimate of drug-likeness (QED) is 0.501. The van der Waals surface area contributed by atoms with Crippen LogP contribution in [-0.2, 0) is 6.42 Å². The number of benzene rings is 1. The van der Waals surface area contributed by atoms with Gasteiger partial charge in [0, 0.05) is 16.9 Å². The molecular weight excluding hydrogens is 268 g/mol. The number of anilines is 1. The molecule has 0 saturated heterocycles. The third kappa shape index (κ3) is 3.29. The first kappa shape index (κ1) is 14.8. The zero-order valence-electron chi connectivity index (χ0n) is 12.1. The molecule has 0 bridgehead atoms. The number of nitrogens with zero attached hydrogens (tertiary/aromatic N) is 2. The minimum atomic E-state index is 0.708. The van der Waals surface area contributed by atoms with Crippen molar-refractivity contribution in [2.24, 2.45) is 5.84 Å². The van der Waals surface area contributed by atoms with Crippen LogP contribution in [0.4, 0.5) is 5.82 Å². The van der Waals surface area contributed by atoms with E-state index >= 15 is 0 Å². The molecule has 0 amide bonds. The van der Waals surface area contributed by atoms with Crippen LogP contribution in [0.5, 0.6) is 0 Å². The molecule has 20 heavy (non-hydrogen) atoms. The fourth-order valence-electron chi connectivity index (χ4n) is 1.89. The SMILES string of the molecule is CCCc1nc(NN)c(C)c(Sc2ccccc2C)n1. The van der Waals surface area contributed by atoms with Crippen LogP contribution in [0.3, 0.4) is 0 Å². The van der Waals surface area contributed by atoms with Crippen molar-refractivity contribution < 1.29 is 0 Å². The zero-order valence-corrected chi connectivity index (χ0v) is 12.9. The topological polar surface area (TPSA) is 63.8 Å². The lowest BCUT2D eigenvalue weighted by molar-refractivity contribution is 0.802. The van der Waals surface area contributed by atoms with Gasteiger partial charge in [-0.05, 0) is 31.9 Å². The highest BCUT2D eigenvalue weighted by atomic mass is 32.2. The second-order valence-electron chi connectivity index (χ2n) is 4.68. The molecule has 0 aliphatic rings. The number of hydrazine groups is 1. The zero-order chi connectivity index (χ0) is 14.5. The fourth-order valence-corrected chi connectivity index (χ4v) is 2.88. The molecule has 2 rings (SSSR count). The molecule has 0 radical (unpaired) electrons. The molecule has 0 aliphatic heterocycles. The summed E-state index contributed by atoms with van der Waals surface area (Å²) < 4.78 is 0. The van der Waals surface area contributed by atoms with Crippen LogP contribution >= 0.6 is 11.8 Å². The van der Waals surface area contributed by atoms with Gasteiger partial charge in [0.25, 0.3) is 0 Å². The fraction of sp³-hybridized carbons (Fsp3) is 0.333. The lowest BCUT2D eigenvalue weighted by atomic mass is 10.2. The van der Waals surface area contributed by atoms with Crippen LogP contribution in [-0.4, -0.2) is 9.97 Å². The maximum absolute atomic E-state index is 5.56. The normalized spacial score (nSPS) is 10.6. The standard InChI is InChI=1S/C15H20N4S/c1-4-7-13-17-14(19-16)11(3)15(18-13)20-12-9-6-5-8-10(12)2/h5-6,8-9H,4,7,16H2,1-3H3,(H,17,18,19). The number of nitrogen functional groups attached to an aromatic ring is 1. The second-order valence-corrected chi connectivity index (χ2v) is 5.71. The van der Waals surface area contributed by atoms with Gasteiger partial charge in [-0.1, -0.05) is 36.9 Å². The van der Waals surface area contributed by atoms with Gasteiger partial charge in [0.05, 0.1) is 0 Å². The van der Waals surface area contributed by atoms with Crippen LogP contribution in [0.25, 0.3) is 0 Å². The van der Waals surface area contributed by atoms with E-state index < -0.39 is 0 Å². The summed E-state index contributed by atoms with van der Waals surface area (Å²) in [5.74, 6) is 7.10. The lowest BCUT2D eigenvalue weighted by Gasteiger charge is -2.12. The summed E-state index contributed by atoms with van der Waals surface area (Å²) in [4.78, 5) is 10.3. The van der Waals surface area contributed by atoms with Crippen LogP contribution in [0.1, 0.15) is 30.3 Å².